The minimum Gasteiger partial charge on any atom is -0.469 e. The fourth-order valence-corrected chi connectivity index (χ4v) is 0.841. The molecule has 6 heteroatoms. The molecule has 66 valence electrons. The third-order valence-corrected chi connectivity index (χ3v) is 1.54. The van der Waals surface area contributed by atoms with E-state index in [1.54, 1.807) is 0 Å². The maximum Gasteiger partial charge on any atom is 0.403 e. The van der Waals surface area contributed by atoms with E-state index in [0.29, 0.717) is 0 Å². The smallest absolute Gasteiger partial charge is 0.403 e. The van der Waals surface area contributed by atoms with Gasteiger partial charge in [0.25, 0.3) is 0 Å². The van der Waals surface area contributed by atoms with Crippen molar-refractivity contribution in [1.82, 2.24) is 0 Å². The van der Waals surface area contributed by atoms with Crippen molar-refractivity contribution in [1.29, 1.82) is 0 Å². The Hall–Kier alpha value is -0.220. The zero-order chi connectivity index (χ0) is 8.91. The average molecular weight is 183 g/mol. The Morgan fingerprint density at radius 2 is 2.09 bits per heavy atom. The van der Waals surface area contributed by atoms with Crippen LogP contribution in [0.5, 0.6) is 0 Å². The first kappa shape index (κ1) is 10.8. The Balaban J connectivity index is 3.35. The van der Waals surface area contributed by atoms with Crippen molar-refractivity contribution < 1.29 is 23.8 Å². The molecule has 0 saturated carbocycles. The van der Waals surface area contributed by atoms with E-state index < -0.39 is 13.9 Å². The molecule has 0 aliphatic rings. The summed E-state index contributed by atoms with van der Waals surface area (Å²) in [5.74, 6) is -0.432. The largest absolute Gasteiger partial charge is 0.469 e. The van der Waals surface area contributed by atoms with Gasteiger partial charge < -0.3 is 4.74 Å². The molecule has 0 aromatic carbocycles. The van der Waals surface area contributed by atoms with Gasteiger partial charge in [-0.25, -0.2) is 0 Å². The lowest BCUT2D eigenvalue weighted by Crippen LogP contribution is -2.06. The number of methoxy groups -OCH3 is 1. The molecular formula is C5H12O5P+. The quantitative estimate of drug-likeness (QED) is 0.471. The van der Waals surface area contributed by atoms with Crippen LogP contribution in [0.1, 0.15) is 6.42 Å². The number of ether oxygens (including phenoxy) is 1. The highest BCUT2D eigenvalue weighted by atomic mass is 31.2. The lowest BCUT2D eigenvalue weighted by molar-refractivity contribution is -0.141. The van der Waals surface area contributed by atoms with Crippen LogP contribution in [0.3, 0.4) is 0 Å². The van der Waals surface area contributed by atoms with E-state index in [0.717, 1.165) is 0 Å². The molecule has 0 radical (unpaired) electrons. The molecule has 0 rings (SSSR count). The van der Waals surface area contributed by atoms with Gasteiger partial charge in [0.2, 0.25) is 0 Å². The predicted octanol–water partition coefficient (Wildman–Crippen LogP) is -0.0569. The van der Waals surface area contributed by atoms with Gasteiger partial charge in [-0.2, -0.15) is 14.3 Å². The molecule has 0 spiro atoms. The molecule has 0 saturated heterocycles. The number of hydrogen-bond donors (Lipinski definition) is 2. The first-order chi connectivity index (χ1) is 4.95. The second-order valence-corrected chi connectivity index (χ2v) is 3.92. The van der Waals surface area contributed by atoms with Gasteiger partial charge in [0.15, 0.2) is 0 Å². The minimum absolute atomic E-state index is 0.0239. The van der Waals surface area contributed by atoms with Crippen LogP contribution in [0.25, 0.3) is 0 Å². The van der Waals surface area contributed by atoms with E-state index >= 15 is 0 Å². The maximum atomic E-state index is 10.4. The maximum absolute atomic E-state index is 10.4. The van der Waals surface area contributed by atoms with Crippen LogP contribution >= 0.6 is 7.94 Å². The molecule has 0 bridgehead atoms. The summed E-state index contributed by atoms with van der Waals surface area (Å²) in [6.07, 6.45) is 0.0349. The first-order valence-electron chi connectivity index (χ1n) is 2.99. The van der Waals surface area contributed by atoms with Crippen LogP contribution in [0.2, 0.25) is 0 Å². The highest BCUT2D eigenvalue weighted by Gasteiger charge is 2.26. The monoisotopic (exact) mass is 183 g/mol. The molecular weight excluding hydrogens is 171 g/mol. The second kappa shape index (κ2) is 4.62. The molecule has 2 N–H and O–H groups in total. The Kier molecular flexibility index (Phi) is 4.52. The predicted molar refractivity (Wildman–Crippen MR) is 39.9 cm³/mol. The Morgan fingerprint density at radius 1 is 1.55 bits per heavy atom. The molecule has 5 nitrogen and oxygen atoms in total. The standard InChI is InChI=1S/C5H12O5P/c1-9-5(6)3-4-10-11(2,7)8/h7-8H,3-4H2,1-2H3/q+1. The van der Waals surface area contributed by atoms with Gasteiger partial charge in [-0.1, -0.05) is 0 Å². The van der Waals surface area contributed by atoms with Gasteiger partial charge in [-0.15, -0.1) is 0 Å². The Morgan fingerprint density at radius 3 is 2.45 bits per heavy atom. The fraction of sp³-hybridized carbons (Fsp3) is 0.800. The SMILES string of the molecule is COC(=O)CCO[P+](C)(O)O. The summed E-state index contributed by atoms with van der Waals surface area (Å²) in [6.45, 7) is 1.15. The van der Waals surface area contributed by atoms with Crippen LogP contribution in [0.4, 0.5) is 0 Å². The second-order valence-electron chi connectivity index (χ2n) is 1.99. The Labute approximate surface area is 65.5 Å². The number of hydrogen-bond acceptors (Lipinski definition) is 5. The first-order valence-corrected chi connectivity index (χ1v) is 5.05. The number of carbonyl (C=O) groups is 1. The lowest BCUT2D eigenvalue weighted by atomic mass is 10.5. The van der Waals surface area contributed by atoms with E-state index in [9.17, 15) is 4.79 Å². The van der Waals surface area contributed by atoms with Gasteiger partial charge in [0, 0.05) is 0 Å². The third kappa shape index (κ3) is 7.68. The molecule has 0 aromatic rings. The van der Waals surface area contributed by atoms with Crippen LogP contribution < -0.4 is 0 Å². The van der Waals surface area contributed by atoms with Crippen LogP contribution in [0, 0.1) is 0 Å². The molecule has 0 atom stereocenters. The van der Waals surface area contributed by atoms with Crippen molar-refractivity contribution in [3.05, 3.63) is 0 Å². The topological polar surface area (TPSA) is 76.0 Å². The van der Waals surface area contributed by atoms with E-state index in [2.05, 4.69) is 9.26 Å². The zero-order valence-corrected chi connectivity index (χ0v) is 7.38. The fourth-order valence-electron chi connectivity index (χ4n) is 0.404. The van der Waals surface area contributed by atoms with Crippen molar-refractivity contribution in [2.75, 3.05) is 20.4 Å². The molecule has 0 aliphatic carbocycles. The normalized spacial score (nSPS) is 11.3. The Bertz CT molecular complexity index is 129. The number of rotatable bonds is 4. The summed E-state index contributed by atoms with van der Waals surface area (Å²) >= 11 is 0. The van der Waals surface area contributed by atoms with Gasteiger partial charge in [-0.05, 0) is 0 Å². The summed E-state index contributed by atoms with van der Waals surface area (Å²) < 4.78 is 8.82. The average Bonchev–Trinajstić information content (AvgIpc) is 1.85. The summed E-state index contributed by atoms with van der Waals surface area (Å²) in [7, 11) is -1.93. The summed E-state index contributed by atoms with van der Waals surface area (Å²) in [4.78, 5) is 27.8. The zero-order valence-electron chi connectivity index (χ0n) is 6.48. The van der Waals surface area contributed by atoms with Crippen LogP contribution in [-0.2, 0) is 14.1 Å². The molecule has 0 unspecified atom stereocenters. The van der Waals surface area contributed by atoms with Gasteiger partial charge >= 0.3 is 13.9 Å². The van der Waals surface area contributed by atoms with E-state index in [-0.39, 0.29) is 13.0 Å². The molecule has 0 amide bonds. The van der Waals surface area contributed by atoms with E-state index in [4.69, 9.17) is 9.79 Å². The van der Waals surface area contributed by atoms with Crippen molar-refractivity contribution >= 4 is 13.9 Å². The van der Waals surface area contributed by atoms with Gasteiger partial charge in [-0.3, -0.25) is 4.79 Å². The lowest BCUT2D eigenvalue weighted by Gasteiger charge is -2.04. The van der Waals surface area contributed by atoms with Crippen molar-refractivity contribution in [2.24, 2.45) is 0 Å². The third-order valence-electron chi connectivity index (χ3n) is 0.870. The highest BCUT2D eigenvalue weighted by Crippen LogP contribution is 2.46. The number of esters is 1. The van der Waals surface area contributed by atoms with Crippen molar-refractivity contribution in [3.63, 3.8) is 0 Å². The molecule has 0 heterocycles. The van der Waals surface area contributed by atoms with Crippen molar-refractivity contribution in [2.45, 2.75) is 6.42 Å². The summed E-state index contributed by atoms with van der Waals surface area (Å²) in [6, 6.07) is 0. The molecule has 0 aliphatic heterocycles. The van der Waals surface area contributed by atoms with E-state index in [1.807, 2.05) is 0 Å². The van der Waals surface area contributed by atoms with Crippen LogP contribution in [-0.4, -0.2) is 36.1 Å². The number of carbonyl (C=O) groups excluding carboxylic acids is 1. The summed E-state index contributed by atoms with van der Waals surface area (Å²) in [5, 5.41) is 0. The van der Waals surface area contributed by atoms with Crippen molar-refractivity contribution in [3.8, 4) is 0 Å². The summed E-state index contributed by atoms with van der Waals surface area (Å²) in [5.41, 5.74) is 0. The molecule has 0 fully saturated rings. The van der Waals surface area contributed by atoms with E-state index in [1.165, 1.54) is 13.8 Å². The highest BCUT2D eigenvalue weighted by molar-refractivity contribution is 7.58. The molecule has 11 heavy (non-hydrogen) atoms. The van der Waals surface area contributed by atoms with Gasteiger partial charge in [0.05, 0.1) is 13.5 Å². The molecule has 0 aromatic heterocycles. The van der Waals surface area contributed by atoms with Gasteiger partial charge in [0.1, 0.15) is 13.3 Å². The van der Waals surface area contributed by atoms with Crippen LogP contribution in [0.15, 0.2) is 0 Å². The minimum atomic E-state index is -3.19.